The van der Waals surface area contributed by atoms with E-state index < -0.39 is 12.2 Å². The molecule has 0 radical (unpaired) electrons. The summed E-state index contributed by atoms with van der Waals surface area (Å²) in [5, 5.41) is 8.95. The van der Waals surface area contributed by atoms with Crippen molar-refractivity contribution in [3.63, 3.8) is 0 Å². The van der Waals surface area contributed by atoms with Crippen molar-refractivity contribution >= 4 is 22.6 Å². The number of ether oxygens (including phenoxy) is 1. The molecule has 0 unspecified atom stereocenters. The van der Waals surface area contributed by atoms with Gasteiger partial charge in [-0.1, -0.05) is 0 Å². The van der Waals surface area contributed by atoms with Crippen LogP contribution in [-0.2, 0) is 6.61 Å². The number of hydrogen-bond donors (Lipinski definition) is 1. The number of halogens is 4. The van der Waals surface area contributed by atoms with Crippen molar-refractivity contribution in [2.75, 3.05) is 0 Å². The molecule has 0 aliphatic heterocycles. The highest BCUT2D eigenvalue weighted by molar-refractivity contribution is 14.1. The van der Waals surface area contributed by atoms with E-state index in [-0.39, 0.29) is 12.2 Å². The monoisotopic (exact) mass is 333 g/mol. The molecule has 1 heterocycles. The Kier molecular flexibility index (Phi) is 3.77. The van der Waals surface area contributed by atoms with Gasteiger partial charge in [-0.15, -0.1) is 13.2 Å². The highest BCUT2D eigenvalue weighted by Gasteiger charge is 2.32. The normalized spacial score (nSPS) is 11.6. The van der Waals surface area contributed by atoms with Crippen molar-refractivity contribution < 1.29 is 23.0 Å². The number of rotatable bonds is 2. The maximum Gasteiger partial charge on any atom is 0.574 e. The first-order chi connectivity index (χ1) is 6.85. The molecule has 0 aliphatic carbocycles. The minimum atomic E-state index is -4.77. The van der Waals surface area contributed by atoms with Crippen LogP contribution in [0.5, 0.6) is 5.88 Å². The van der Waals surface area contributed by atoms with Crippen molar-refractivity contribution in [3.8, 4) is 5.88 Å². The van der Waals surface area contributed by atoms with E-state index in [2.05, 4.69) is 9.72 Å². The molecule has 0 fully saturated rings. The maximum absolute atomic E-state index is 11.9. The summed E-state index contributed by atoms with van der Waals surface area (Å²) < 4.78 is 40.1. The zero-order chi connectivity index (χ0) is 11.6. The Morgan fingerprint density at radius 3 is 2.60 bits per heavy atom. The van der Waals surface area contributed by atoms with Crippen molar-refractivity contribution in [1.82, 2.24) is 4.98 Å². The standard InChI is InChI=1S/C8H7F3INO2/c1-4-5(3-14)6(12)2-13-7(4)15-8(9,10)11/h2,14H,3H2,1H3. The fourth-order valence-corrected chi connectivity index (χ4v) is 1.72. The molecule has 0 bridgehead atoms. The van der Waals surface area contributed by atoms with Gasteiger partial charge < -0.3 is 9.84 Å². The molecule has 3 nitrogen and oxygen atoms in total. The van der Waals surface area contributed by atoms with Crippen LogP contribution in [0.1, 0.15) is 11.1 Å². The average Bonchev–Trinajstić information content (AvgIpc) is 2.09. The molecule has 0 aromatic carbocycles. The molecule has 0 spiro atoms. The van der Waals surface area contributed by atoms with Crippen molar-refractivity contribution in [1.29, 1.82) is 0 Å². The lowest BCUT2D eigenvalue weighted by atomic mass is 10.1. The van der Waals surface area contributed by atoms with Gasteiger partial charge in [0.25, 0.3) is 0 Å². The quantitative estimate of drug-likeness (QED) is 0.845. The highest BCUT2D eigenvalue weighted by atomic mass is 127. The van der Waals surface area contributed by atoms with Crippen molar-refractivity contribution in [2.24, 2.45) is 0 Å². The lowest BCUT2D eigenvalue weighted by Crippen LogP contribution is -2.19. The Labute approximate surface area is 97.4 Å². The Morgan fingerprint density at radius 2 is 2.13 bits per heavy atom. The molecular weight excluding hydrogens is 326 g/mol. The summed E-state index contributed by atoms with van der Waals surface area (Å²) in [5.74, 6) is -0.521. The summed E-state index contributed by atoms with van der Waals surface area (Å²) >= 11 is 1.88. The van der Waals surface area contributed by atoms with Crippen LogP contribution in [0, 0.1) is 10.5 Å². The molecule has 1 rings (SSSR count). The summed E-state index contributed by atoms with van der Waals surface area (Å²) in [6.07, 6.45) is -3.54. The van der Waals surface area contributed by atoms with E-state index in [9.17, 15) is 13.2 Å². The second kappa shape index (κ2) is 4.52. The van der Waals surface area contributed by atoms with Gasteiger partial charge in [0.05, 0.1) is 6.61 Å². The second-order valence-electron chi connectivity index (χ2n) is 2.72. The van der Waals surface area contributed by atoms with Crippen LogP contribution in [0.4, 0.5) is 13.2 Å². The summed E-state index contributed by atoms with van der Waals surface area (Å²) in [6, 6.07) is 0. The molecule has 84 valence electrons. The highest BCUT2D eigenvalue weighted by Crippen LogP contribution is 2.28. The number of alkyl halides is 3. The van der Waals surface area contributed by atoms with Gasteiger partial charge in [0, 0.05) is 20.9 Å². The molecule has 7 heteroatoms. The molecule has 0 amide bonds. The van der Waals surface area contributed by atoms with Gasteiger partial charge in [-0.2, -0.15) is 0 Å². The molecule has 1 N–H and O–H groups in total. The third-order valence-corrected chi connectivity index (χ3v) is 2.66. The van der Waals surface area contributed by atoms with E-state index in [0.29, 0.717) is 9.13 Å². The van der Waals surface area contributed by atoms with E-state index in [0.717, 1.165) is 0 Å². The van der Waals surface area contributed by atoms with E-state index in [4.69, 9.17) is 5.11 Å². The van der Waals surface area contributed by atoms with Crippen LogP contribution in [0.3, 0.4) is 0 Å². The first kappa shape index (κ1) is 12.5. The number of aromatic nitrogens is 1. The molecule has 0 atom stereocenters. The fourth-order valence-electron chi connectivity index (χ4n) is 1.00. The molecule has 0 saturated carbocycles. The fraction of sp³-hybridized carbons (Fsp3) is 0.375. The van der Waals surface area contributed by atoms with E-state index in [1.54, 1.807) is 0 Å². The number of nitrogens with zero attached hydrogens (tertiary/aromatic N) is 1. The summed E-state index contributed by atoms with van der Waals surface area (Å²) in [5.41, 5.74) is 0.589. The van der Waals surface area contributed by atoms with Crippen LogP contribution in [0.15, 0.2) is 6.20 Å². The predicted molar refractivity (Wildman–Crippen MR) is 54.3 cm³/mol. The third-order valence-electron chi connectivity index (χ3n) is 1.73. The minimum Gasteiger partial charge on any atom is -0.392 e. The van der Waals surface area contributed by atoms with Gasteiger partial charge in [-0.25, -0.2) is 4.98 Å². The van der Waals surface area contributed by atoms with E-state index >= 15 is 0 Å². The summed E-state index contributed by atoms with van der Waals surface area (Å²) in [6.45, 7) is 1.07. The molecule has 1 aromatic heterocycles. The van der Waals surface area contributed by atoms with Gasteiger partial charge in [0.2, 0.25) is 5.88 Å². The number of hydrogen-bond acceptors (Lipinski definition) is 3. The van der Waals surface area contributed by atoms with Crippen molar-refractivity contribution in [2.45, 2.75) is 19.9 Å². The molecule has 15 heavy (non-hydrogen) atoms. The van der Waals surface area contributed by atoms with Crippen LogP contribution in [-0.4, -0.2) is 16.5 Å². The van der Waals surface area contributed by atoms with Gasteiger partial charge in [-0.05, 0) is 29.5 Å². The van der Waals surface area contributed by atoms with Crippen LogP contribution >= 0.6 is 22.6 Å². The number of aliphatic hydroxyl groups is 1. The lowest BCUT2D eigenvalue weighted by molar-refractivity contribution is -0.276. The Bertz CT molecular complexity index is 368. The molecule has 0 aliphatic rings. The minimum absolute atomic E-state index is 0.196. The first-order valence-electron chi connectivity index (χ1n) is 3.85. The van der Waals surface area contributed by atoms with Crippen LogP contribution < -0.4 is 4.74 Å². The summed E-state index contributed by atoms with van der Waals surface area (Å²) in [4.78, 5) is 3.51. The van der Waals surface area contributed by atoms with E-state index in [1.165, 1.54) is 13.1 Å². The van der Waals surface area contributed by atoms with Gasteiger partial charge in [-0.3, -0.25) is 0 Å². The van der Waals surface area contributed by atoms with E-state index in [1.807, 2.05) is 22.6 Å². The molecule has 0 saturated heterocycles. The van der Waals surface area contributed by atoms with Crippen molar-refractivity contribution in [3.05, 3.63) is 20.9 Å². The SMILES string of the molecule is Cc1c(OC(F)(F)F)ncc(I)c1CO. The Balaban J connectivity index is 3.11. The zero-order valence-electron chi connectivity index (χ0n) is 7.60. The maximum atomic E-state index is 11.9. The number of pyridine rings is 1. The zero-order valence-corrected chi connectivity index (χ0v) is 9.76. The lowest BCUT2D eigenvalue weighted by Gasteiger charge is -2.13. The first-order valence-corrected chi connectivity index (χ1v) is 4.93. The largest absolute Gasteiger partial charge is 0.574 e. The predicted octanol–water partition coefficient (Wildman–Crippen LogP) is 2.39. The van der Waals surface area contributed by atoms with Crippen LogP contribution in [0.25, 0.3) is 0 Å². The topological polar surface area (TPSA) is 42.4 Å². The average molecular weight is 333 g/mol. The second-order valence-corrected chi connectivity index (χ2v) is 3.88. The molecular formula is C8H7F3INO2. The smallest absolute Gasteiger partial charge is 0.392 e. The summed E-state index contributed by atoms with van der Waals surface area (Å²) in [7, 11) is 0. The third kappa shape index (κ3) is 3.20. The molecule has 1 aromatic rings. The van der Waals surface area contributed by atoms with Gasteiger partial charge in [0.1, 0.15) is 0 Å². The Hall–Kier alpha value is -0.570. The van der Waals surface area contributed by atoms with Gasteiger partial charge >= 0.3 is 6.36 Å². The van der Waals surface area contributed by atoms with Gasteiger partial charge in [0.15, 0.2) is 0 Å². The van der Waals surface area contributed by atoms with Crippen LogP contribution in [0.2, 0.25) is 0 Å². The number of aliphatic hydroxyl groups excluding tert-OH is 1. The Morgan fingerprint density at radius 1 is 1.53 bits per heavy atom.